The second-order valence-corrected chi connectivity index (χ2v) is 6.27. The predicted octanol–water partition coefficient (Wildman–Crippen LogP) is 3.69. The molecule has 0 aromatic carbocycles. The van der Waals surface area contributed by atoms with Gasteiger partial charge in [-0.05, 0) is 22.0 Å². The van der Waals surface area contributed by atoms with Crippen LogP contribution >= 0.6 is 0 Å². The fourth-order valence-electron chi connectivity index (χ4n) is 1.77. The zero-order valence-electron chi connectivity index (χ0n) is 11.5. The molecule has 1 aromatic rings. The molecule has 2 heteroatoms. The molecular weight excluding hydrogens is 198 g/mol. The Labute approximate surface area is 99.0 Å². The third kappa shape index (κ3) is 2.75. The van der Waals surface area contributed by atoms with Gasteiger partial charge in [-0.2, -0.15) is 0 Å². The van der Waals surface area contributed by atoms with Gasteiger partial charge < -0.3 is 4.74 Å². The number of methoxy groups -OCH3 is 1. The minimum Gasteiger partial charge on any atom is -0.481 e. The molecule has 0 aliphatic rings. The smallest absolute Gasteiger partial charge is 0.213 e. The lowest BCUT2D eigenvalue weighted by atomic mass is 9.76. The van der Waals surface area contributed by atoms with E-state index >= 15 is 0 Å². The molecule has 0 radical (unpaired) electrons. The Kier molecular flexibility index (Phi) is 3.32. The second kappa shape index (κ2) is 4.08. The van der Waals surface area contributed by atoms with E-state index in [2.05, 4.69) is 52.6 Å². The number of hydrogen-bond acceptors (Lipinski definition) is 2. The number of aromatic nitrogens is 1. The maximum Gasteiger partial charge on any atom is 0.213 e. The van der Waals surface area contributed by atoms with Gasteiger partial charge in [0.1, 0.15) is 0 Å². The molecule has 0 saturated carbocycles. The van der Waals surface area contributed by atoms with Crippen LogP contribution in [0.5, 0.6) is 5.88 Å². The number of ether oxygens (including phenoxy) is 1. The van der Waals surface area contributed by atoms with Gasteiger partial charge in [-0.3, -0.25) is 0 Å². The van der Waals surface area contributed by atoms with Crippen LogP contribution in [0.2, 0.25) is 0 Å². The van der Waals surface area contributed by atoms with Gasteiger partial charge in [-0.25, -0.2) is 4.98 Å². The molecule has 0 spiro atoms. The van der Waals surface area contributed by atoms with E-state index in [1.165, 1.54) is 11.1 Å². The van der Waals surface area contributed by atoms with Gasteiger partial charge >= 0.3 is 0 Å². The molecule has 0 aliphatic heterocycles. The molecular formula is C14H23NO. The average Bonchev–Trinajstić information content (AvgIpc) is 2.14. The van der Waals surface area contributed by atoms with Gasteiger partial charge in [0.15, 0.2) is 0 Å². The van der Waals surface area contributed by atoms with Crippen LogP contribution in [0.15, 0.2) is 12.3 Å². The van der Waals surface area contributed by atoms with Crippen molar-refractivity contribution in [1.29, 1.82) is 0 Å². The summed E-state index contributed by atoms with van der Waals surface area (Å²) >= 11 is 0. The third-order valence-corrected chi connectivity index (χ3v) is 2.70. The fraction of sp³-hybridized carbons (Fsp3) is 0.643. The molecule has 0 saturated heterocycles. The van der Waals surface area contributed by atoms with E-state index in [-0.39, 0.29) is 10.8 Å². The zero-order chi connectivity index (χ0) is 12.6. The van der Waals surface area contributed by atoms with Gasteiger partial charge in [-0.15, -0.1) is 0 Å². The van der Waals surface area contributed by atoms with Crippen molar-refractivity contribution in [2.24, 2.45) is 0 Å². The summed E-state index contributed by atoms with van der Waals surface area (Å²) in [5.74, 6) is 0.693. The van der Waals surface area contributed by atoms with Crippen LogP contribution in [0, 0.1) is 0 Å². The van der Waals surface area contributed by atoms with Crippen molar-refractivity contribution in [3.63, 3.8) is 0 Å². The summed E-state index contributed by atoms with van der Waals surface area (Å²) in [6, 6.07) is 2.06. The minimum absolute atomic E-state index is 0.110. The number of hydrogen-bond donors (Lipinski definition) is 0. The first kappa shape index (κ1) is 13.0. The Balaban J connectivity index is 3.40. The topological polar surface area (TPSA) is 22.1 Å². The Morgan fingerprint density at radius 1 is 0.938 bits per heavy atom. The summed E-state index contributed by atoms with van der Waals surface area (Å²) in [4.78, 5) is 4.32. The summed E-state index contributed by atoms with van der Waals surface area (Å²) in [6.45, 7) is 13.3. The van der Waals surface area contributed by atoms with Gasteiger partial charge in [0.25, 0.3) is 0 Å². The van der Waals surface area contributed by atoms with Crippen molar-refractivity contribution in [2.75, 3.05) is 7.11 Å². The lowest BCUT2D eigenvalue weighted by molar-refractivity contribution is 0.393. The summed E-state index contributed by atoms with van der Waals surface area (Å²) in [7, 11) is 1.66. The highest BCUT2D eigenvalue weighted by molar-refractivity contribution is 5.38. The number of pyridine rings is 1. The van der Waals surface area contributed by atoms with Crippen LogP contribution in [0.4, 0.5) is 0 Å². The first-order valence-electron chi connectivity index (χ1n) is 5.71. The highest BCUT2D eigenvalue weighted by Crippen LogP contribution is 2.34. The van der Waals surface area contributed by atoms with Gasteiger partial charge in [0.05, 0.1) is 7.11 Å². The summed E-state index contributed by atoms with van der Waals surface area (Å²) in [5, 5.41) is 0. The van der Waals surface area contributed by atoms with E-state index in [1.807, 2.05) is 6.20 Å². The molecule has 1 rings (SSSR count). The van der Waals surface area contributed by atoms with Crippen molar-refractivity contribution < 1.29 is 4.74 Å². The van der Waals surface area contributed by atoms with E-state index in [1.54, 1.807) is 7.11 Å². The molecule has 0 amide bonds. The third-order valence-electron chi connectivity index (χ3n) is 2.70. The predicted molar refractivity (Wildman–Crippen MR) is 68.2 cm³/mol. The molecule has 0 fully saturated rings. The van der Waals surface area contributed by atoms with E-state index in [4.69, 9.17) is 4.74 Å². The molecule has 0 aliphatic carbocycles. The summed E-state index contributed by atoms with van der Waals surface area (Å²) in [6.07, 6.45) is 1.94. The molecule has 0 unspecified atom stereocenters. The quantitative estimate of drug-likeness (QED) is 0.721. The summed E-state index contributed by atoms with van der Waals surface area (Å²) < 4.78 is 5.21. The summed E-state index contributed by atoms with van der Waals surface area (Å²) in [5.41, 5.74) is 2.83. The van der Waals surface area contributed by atoms with Crippen LogP contribution in [0.1, 0.15) is 52.7 Å². The SMILES string of the molecule is COc1cc(C(C)(C)C)c(C(C)(C)C)cn1. The maximum atomic E-state index is 5.21. The normalized spacial score (nSPS) is 12.7. The van der Waals surface area contributed by atoms with Crippen LogP contribution in [-0.4, -0.2) is 12.1 Å². The minimum atomic E-state index is 0.110. The average molecular weight is 221 g/mol. The Morgan fingerprint density at radius 2 is 1.44 bits per heavy atom. The van der Waals surface area contributed by atoms with Gasteiger partial charge in [0.2, 0.25) is 5.88 Å². The van der Waals surface area contributed by atoms with Crippen molar-refractivity contribution in [2.45, 2.75) is 52.4 Å². The number of nitrogens with zero attached hydrogens (tertiary/aromatic N) is 1. The molecule has 0 N–H and O–H groups in total. The van der Waals surface area contributed by atoms with Crippen LogP contribution in [-0.2, 0) is 10.8 Å². The maximum absolute atomic E-state index is 5.21. The first-order chi connectivity index (χ1) is 7.16. The van der Waals surface area contributed by atoms with Crippen LogP contribution < -0.4 is 4.74 Å². The van der Waals surface area contributed by atoms with Gasteiger partial charge in [-0.1, -0.05) is 41.5 Å². The Hall–Kier alpha value is -1.05. The standard InChI is InChI=1S/C14H23NO/c1-13(2,3)10-8-12(16-7)15-9-11(10)14(4,5)6/h8-9H,1-7H3. The van der Waals surface area contributed by atoms with E-state index in [0.717, 1.165) is 0 Å². The van der Waals surface area contributed by atoms with Crippen LogP contribution in [0.3, 0.4) is 0 Å². The van der Waals surface area contributed by atoms with Crippen molar-refractivity contribution in [1.82, 2.24) is 4.98 Å². The zero-order valence-corrected chi connectivity index (χ0v) is 11.5. The molecule has 1 heterocycles. The highest BCUT2D eigenvalue weighted by Gasteiger charge is 2.25. The second-order valence-electron chi connectivity index (χ2n) is 6.27. The first-order valence-corrected chi connectivity index (χ1v) is 5.71. The lowest BCUT2D eigenvalue weighted by Crippen LogP contribution is -2.22. The Morgan fingerprint density at radius 3 is 1.81 bits per heavy atom. The van der Waals surface area contributed by atoms with E-state index < -0.39 is 0 Å². The van der Waals surface area contributed by atoms with Crippen LogP contribution in [0.25, 0.3) is 0 Å². The molecule has 1 aromatic heterocycles. The highest BCUT2D eigenvalue weighted by atomic mass is 16.5. The molecule has 90 valence electrons. The van der Waals surface area contributed by atoms with Gasteiger partial charge in [0, 0.05) is 12.3 Å². The monoisotopic (exact) mass is 221 g/mol. The number of rotatable bonds is 1. The van der Waals surface area contributed by atoms with Crippen molar-refractivity contribution in [3.8, 4) is 5.88 Å². The molecule has 0 atom stereocenters. The largest absolute Gasteiger partial charge is 0.481 e. The van der Waals surface area contributed by atoms with E-state index in [9.17, 15) is 0 Å². The van der Waals surface area contributed by atoms with Crippen molar-refractivity contribution in [3.05, 3.63) is 23.4 Å². The Bertz CT molecular complexity index is 369. The molecule has 0 bridgehead atoms. The molecule has 2 nitrogen and oxygen atoms in total. The fourth-order valence-corrected chi connectivity index (χ4v) is 1.77. The molecule has 16 heavy (non-hydrogen) atoms. The van der Waals surface area contributed by atoms with E-state index in [0.29, 0.717) is 5.88 Å². The lowest BCUT2D eigenvalue weighted by Gasteiger charge is -2.29. The van der Waals surface area contributed by atoms with Crippen molar-refractivity contribution >= 4 is 0 Å².